The number of nitrogens with zero attached hydrogens (tertiary/aromatic N) is 2. The van der Waals surface area contributed by atoms with E-state index in [9.17, 15) is 4.39 Å². The maximum atomic E-state index is 13.1. The van der Waals surface area contributed by atoms with E-state index >= 15 is 0 Å². The first kappa shape index (κ1) is 12.2. The van der Waals surface area contributed by atoms with Gasteiger partial charge in [0.2, 0.25) is 11.7 Å². The van der Waals surface area contributed by atoms with Gasteiger partial charge in [0, 0.05) is 10.0 Å². The number of nitrogens with two attached hydrogens (primary N) is 1. The minimum Gasteiger partial charge on any atom is -0.337 e. The van der Waals surface area contributed by atoms with Gasteiger partial charge in [-0.3, -0.25) is 0 Å². The third-order valence-corrected chi connectivity index (χ3v) is 2.84. The minimum absolute atomic E-state index is 0.309. The van der Waals surface area contributed by atoms with Gasteiger partial charge in [0.25, 0.3) is 0 Å². The van der Waals surface area contributed by atoms with Crippen LogP contribution in [0.3, 0.4) is 0 Å². The third kappa shape index (κ3) is 2.53. The average Bonchev–Trinajstić information content (AvgIpc) is 2.70. The van der Waals surface area contributed by atoms with Crippen molar-refractivity contribution in [3.05, 3.63) is 34.4 Å². The molecule has 90 valence electrons. The number of halogens is 2. The van der Waals surface area contributed by atoms with Crippen LogP contribution in [0.4, 0.5) is 4.39 Å². The first-order valence-corrected chi connectivity index (χ1v) is 5.76. The van der Waals surface area contributed by atoms with E-state index in [2.05, 4.69) is 26.1 Å². The summed E-state index contributed by atoms with van der Waals surface area (Å²) >= 11 is 3.31. The van der Waals surface area contributed by atoms with Gasteiger partial charge in [0.05, 0.1) is 5.54 Å². The van der Waals surface area contributed by atoms with Crippen molar-refractivity contribution in [2.45, 2.75) is 19.4 Å². The molecule has 4 nitrogen and oxygen atoms in total. The van der Waals surface area contributed by atoms with Gasteiger partial charge in [-0.15, -0.1) is 0 Å². The average molecular weight is 300 g/mol. The number of hydrogen-bond acceptors (Lipinski definition) is 4. The highest BCUT2D eigenvalue weighted by atomic mass is 79.9. The van der Waals surface area contributed by atoms with Crippen molar-refractivity contribution >= 4 is 15.9 Å². The zero-order chi connectivity index (χ0) is 12.6. The molecule has 0 saturated heterocycles. The topological polar surface area (TPSA) is 64.9 Å². The smallest absolute Gasteiger partial charge is 0.246 e. The van der Waals surface area contributed by atoms with E-state index < -0.39 is 5.54 Å². The molecule has 0 saturated carbocycles. The van der Waals surface area contributed by atoms with Gasteiger partial charge in [-0.1, -0.05) is 21.1 Å². The molecule has 2 rings (SSSR count). The van der Waals surface area contributed by atoms with Crippen molar-refractivity contribution in [1.29, 1.82) is 0 Å². The van der Waals surface area contributed by atoms with Crippen LogP contribution in [-0.2, 0) is 5.54 Å². The van der Waals surface area contributed by atoms with Gasteiger partial charge >= 0.3 is 0 Å². The monoisotopic (exact) mass is 299 g/mol. The first-order chi connectivity index (χ1) is 7.88. The van der Waals surface area contributed by atoms with Crippen LogP contribution in [0.2, 0.25) is 0 Å². The molecule has 0 fully saturated rings. The van der Waals surface area contributed by atoms with Crippen molar-refractivity contribution in [2.24, 2.45) is 5.73 Å². The van der Waals surface area contributed by atoms with Crippen molar-refractivity contribution in [2.75, 3.05) is 0 Å². The van der Waals surface area contributed by atoms with Crippen LogP contribution in [-0.4, -0.2) is 10.1 Å². The maximum Gasteiger partial charge on any atom is 0.246 e. The SMILES string of the molecule is CC(C)(N)c1nc(-c2cc(F)ccc2Br)no1. The van der Waals surface area contributed by atoms with Gasteiger partial charge in [-0.25, -0.2) is 4.39 Å². The summed E-state index contributed by atoms with van der Waals surface area (Å²) in [5.74, 6) is 0.259. The van der Waals surface area contributed by atoms with Gasteiger partial charge in [0.1, 0.15) is 5.82 Å². The maximum absolute atomic E-state index is 13.1. The molecule has 0 radical (unpaired) electrons. The van der Waals surface area contributed by atoms with Crippen molar-refractivity contribution in [1.82, 2.24) is 10.1 Å². The van der Waals surface area contributed by atoms with E-state index in [-0.39, 0.29) is 5.82 Å². The molecule has 1 heterocycles. The Balaban J connectivity index is 2.47. The first-order valence-electron chi connectivity index (χ1n) is 4.96. The lowest BCUT2D eigenvalue weighted by atomic mass is 10.1. The minimum atomic E-state index is -0.717. The van der Waals surface area contributed by atoms with Gasteiger partial charge in [-0.05, 0) is 32.0 Å². The molecule has 0 unspecified atom stereocenters. The Morgan fingerprint density at radius 2 is 2.12 bits per heavy atom. The molecule has 17 heavy (non-hydrogen) atoms. The molecule has 0 spiro atoms. The molecule has 1 aromatic carbocycles. The molecular weight excluding hydrogens is 289 g/mol. The zero-order valence-corrected chi connectivity index (χ0v) is 11.0. The summed E-state index contributed by atoms with van der Waals surface area (Å²) < 4.78 is 18.9. The van der Waals surface area contributed by atoms with Crippen LogP contribution in [0.5, 0.6) is 0 Å². The second kappa shape index (κ2) is 4.19. The van der Waals surface area contributed by atoms with E-state index in [1.165, 1.54) is 12.1 Å². The second-order valence-corrected chi connectivity index (χ2v) is 5.12. The summed E-state index contributed by atoms with van der Waals surface area (Å²) in [5, 5.41) is 3.79. The Bertz CT molecular complexity index is 548. The fourth-order valence-corrected chi connectivity index (χ4v) is 1.69. The van der Waals surface area contributed by atoms with Crippen LogP contribution < -0.4 is 5.73 Å². The Labute approximate surface area is 106 Å². The fraction of sp³-hybridized carbons (Fsp3) is 0.273. The summed E-state index contributed by atoms with van der Waals surface area (Å²) in [7, 11) is 0. The van der Waals surface area contributed by atoms with E-state index in [0.717, 1.165) is 0 Å². The lowest BCUT2D eigenvalue weighted by Crippen LogP contribution is -2.28. The highest BCUT2D eigenvalue weighted by Crippen LogP contribution is 2.28. The third-order valence-electron chi connectivity index (χ3n) is 2.15. The Kier molecular flexibility index (Phi) is 3.01. The molecule has 0 bridgehead atoms. The highest BCUT2D eigenvalue weighted by Gasteiger charge is 2.23. The standard InChI is InChI=1S/C11H11BrFN3O/c1-11(2,14)10-15-9(16-17-10)7-5-6(13)3-4-8(7)12/h3-5H,14H2,1-2H3. The van der Waals surface area contributed by atoms with E-state index in [1.807, 2.05) is 0 Å². The van der Waals surface area contributed by atoms with E-state index in [1.54, 1.807) is 19.9 Å². The lowest BCUT2D eigenvalue weighted by molar-refractivity contribution is 0.312. The summed E-state index contributed by atoms with van der Waals surface area (Å²) in [6.07, 6.45) is 0. The predicted octanol–water partition coefficient (Wildman–Crippen LogP) is 2.83. The Hall–Kier alpha value is -1.27. The second-order valence-electron chi connectivity index (χ2n) is 4.27. The van der Waals surface area contributed by atoms with Crippen LogP contribution in [0, 0.1) is 5.82 Å². The summed E-state index contributed by atoms with van der Waals surface area (Å²) in [5.41, 5.74) is 5.65. The van der Waals surface area contributed by atoms with Crippen LogP contribution in [0.15, 0.2) is 27.2 Å². The van der Waals surface area contributed by atoms with Gasteiger partial charge in [-0.2, -0.15) is 4.98 Å². The normalized spacial score (nSPS) is 11.8. The van der Waals surface area contributed by atoms with Crippen molar-refractivity contribution in [3.63, 3.8) is 0 Å². The van der Waals surface area contributed by atoms with Crippen LogP contribution >= 0.6 is 15.9 Å². The van der Waals surface area contributed by atoms with Gasteiger partial charge in [0.15, 0.2) is 0 Å². The summed E-state index contributed by atoms with van der Waals surface area (Å²) in [6, 6.07) is 4.28. The molecule has 0 aliphatic heterocycles. The predicted molar refractivity (Wildman–Crippen MR) is 64.6 cm³/mol. The molecule has 6 heteroatoms. The molecule has 0 amide bonds. The molecule has 0 atom stereocenters. The van der Waals surface area contributed by atoms with Crippen molar-refractivity contribution in [3.8, 4) is 11.4 Å². The van der Waals surface area contributed by atoms with Crippen molar-refractivity contribution < 1.29 is 8.91 Å². The molecule has 1 aromatic heterocycles. The lowest BCUT2D eigenvalue weighted by Gasteiger charge is -2.10. The Morgan fingerprint density at radius 1 is 1.41 bits per heavy atom. The zero-order valence-electron chi connectivity index (χ0n) is 9.37. The summed E-state index contributed by atoms with van der Waals surface area (Å²) in [6.45, 7) is 3.51. The molecule has 2 N–H and O–H groups in total. The van der Waals surface area contributed by atoms with E-state index in [4.69, 9.17) is 10.3 Å². The Morgan fingerprint density at radius 3 is 2.71 bits per heavy atom. The fourth-order valence-electron chi connectivity index (χ4n) is 1.26. The number of hydrogen-bond donors (Lipinski definition) is 1. The number of rotatable bonds is 2. The largest absolute Gasteiger partial charge is 0.337 e. The van der Waals surface area contributed by atoms with Crippen LogP contribution in [0.25, 0.3) is 11.4 Å². The molecule has 0 aliphatic carbocycles. The van der Waals surface area contributed by atoms with Gasteiger partial charge < -0.3 is 10.3 Å². The molecule has 0 aliphatic rings. The molecule has 2 aromatic rings. The number of benzene rings is 1. The quantitative estimate of drug-likeness (QED) is 0.926. The highest BCUT2D eigenvalue weighted by molar-refractivity contribution is 9.10. The summed E-state index contributed by atoms with van der Waals surface area (Å²) in [4.78, 5) is 4.15. The number of aromatic nitrogens is 2. The molecular formula is C11H11BrFN3O. The van der Waals surface area contributed by atoms with E-state index in [0.29, 0.717) is 21.8 Å². The van der Waals surface area contributed by atoms with Crippen LogP contribution in [0.1, 0.15) is 19.7 Å².